The molecule has 0 fully saturated rings. The van der Waals surface area contributed by atoms with Gasteiger partial charge < -0.3 is 5.32 Å². The van der Waals surface area contributed by atoms with E-state index in [1.807, 2.05) is 6.07 Å². The Labute approximate surface area is 160 Å². The average Bonchev–Trinajstić information content (AvgIpc) is 2.91. The standard InChI is InChI=1S/C19H20FN3O3S/c1-11(24)21-13-7-8-15(20)14(10-13)18(25)22-23-19(26)17-9-12-5-3-2-4-6-16(12)27-17/h7-10H,2-6H2,1H3,(H,21,24)(H,22,25)(H,23,26). The van der Waals surface area contributed by atoms with Crippen LogP contribution in [-0.4, -0.2) is 17.7 Å². The van der Waals surface area contributed by atoms with Crippen LogP contribution in [0, 0.1) is 5.82 Å². The third-order valence-corrected chi connectivity index (χ3v) is 5.53. The van der Waals surface area contributed by atoms with Gasteiger partial charge in [0.2, 0.25) is 5.91 Å². The molecule has 27 heavy (non-hydrogen) atoms. The summed E-state index contributed by atoms with van der Waals surface area (Å²) in [5.41, 5.74) is 5.77. The Hall–Kier alpha value is -2.74. The zero-order valence-electron chi connectivity index (χ0n) is 14.9. The summed E-state index contributed by atoms with van der Waals surface area (Å²) in [5.74, 6) is -2.32. The van der Waals surface area contributed by atoms with Crippen molar-refractivity contribution in [3.63, 3.8) is 0 Å². The van der Waals surface area contributed by atoms with E-state index in [0.717, 1.165) is 31.7 Å². The minimum absolute atomic E-state index is 0.275. The van der Waals surface area contributed by atoms with Gasteiger partial charge in [-0.1, -0.05) is 6.42 Å². The van der Waals surface area contributed by atoms with Crippen molar-refractivity contribution in [3.8, 4) is 0 Å². The highest BCUT2D eigenvalue weighted by Crippen LogP contribution is 2.28. The minimum Gasteiger partial charge on any atom is -0.326 e. The van der Waals surface area contributed by atoms with Crippen LogP contribution in [0.5, 0.6) is 0 Å². The average molecular weight is 389 g/mol. The summed E-state index contributed by atoms with van der Waals surface area (Å²) in [6, 6.07) is 5.51. The van der Waals surface area contributed by atoms with E-state index in [4.69, 9.17) is 0 Å². The number of hydrazine groups is 1. The van der Waals surface area contributed by atoms with E-state index in [9.17, 15) is 18.8 Å². The third-order valence-electron chi connectivity index (χ3n) is 4.29. The van der Waals surface area contributed by atoms with Crippen LogP contribution in [0.15, 0.2) is 24.3 Å². The Morgan fingerprint density at radius 1 is 1.00 bits per heavy atom. The summed E-state index contributed by atoms with van der Waals surface area (Å²) in [6.45, 7) is 1.31. The number of thiophene rings is 1. The Morgan fingerprint density at radius 3 is 2.52 bits per heavy atom. The van der Waals surface area contributed by atoms with Crippen LogP contribution < -0.4 is 16.2 Å². The Kier molecular flexibility index (Phi) is 5.85. The first-order chi connectivity index (χ1) is 12.9. The van der Waals surface area contributed by atoms with Crippen molar-refractivity contribution in [1.29, 1.82) is 0 Å². The minimum atomic E-state index is -0.800. The highest BCUT2D eigenvalue weighted by Gasteiger charge is 2.18. The lowest BCUT2D eigenvalue weighted by molar-refractivity contribution is -0.114. The SMILES string of the molecule is CC(=O)Nc1ccc(F)c(C(=O)NNC(=O)c2cc3c(s2)CCCCC3)c1. The van der Waals surface area contributed by atoms with Gasteiger partial charge in [-0.25, -0.2) is 4.39 Å². The summed E-state index contributed by atoms with van der Waals surface area (Å²) in [5, 5.41) is 2.48. The van der Waals surface area contributed by atoms with Gasteiger partial charge in [0.05, 0.1) is 10.4 Å². The van der Waals surface area contributed by atoms with E-state index in [2.05, 4.69) is 16.2 Å². The quantitative estimate of drug-likeness (QED) is 0.557. The number of halogens is 1. The molecule has 0 saturated heterocycles. The zero-order valence-corrected chi connectivity index (χ0v) is 15.7. The molecule has 0 unspecified atom stereocenters. The van der Waals surface area contributed by atoms with E-state index < -0.39 is 17.6 Å². The van der Waals surface area contributed by atoms with Crippen molar-refractivity contribution in [2.45, 2.75) is 39.0 Å². The van der Waals surface area contributed by atoms with Gasteiger partial charge in [-0.05, 0) is 55.5 Å². The molecule has 0 bridgehead atoms. The number of nitrogens with one attached hydrogen (secondary N) is 3. The molecule has 2 aromatic rings. The summed E-state index contributed by atoms with van der Waals surface area (Å²) >= 11 is 1.43. The molecule has 1 aromatic carbocycles. The normalized spacial score (nSPS) is 13.3. The van der Waals surface area contributed by atoms with Crippen molar-refractivity contribution in [1.82, 2.24) is 10.9 Å². The molecule has 3 amide bonds. The van der Waals surface area contributed by atoms with Crippen LogP contribution in [0.25, 0.3) is 0 Å². The molecule has 1 heterocycles. The van der Waals surface area contributed by atoms with Gasteiger partial charge in [-0.15, -0.1) is 11.3 Å². The van der Waals surface area contributed by atoms with Crippen LogP contribution >= 0.6 is 11.3 Å². The maximum absolute atomic E-state index is 13.9. The molecule has 0 atom stereocenters. The maximum atomic E-state index is 13.9. The molecule has 1 aromatic heterocycles. The number of rotatable bonds is 3. The summed E-state index contributed by atoms with van der Waals surface area (Å²) in [7, 11) is 0. The van der Waals surface area contributed by atoms with Crippen molar-refractivity contribution in [2.75, 3.05) is 5.32 Å². The number of aryl methyl sites for hydroxylation is 2. The van der Waals surface area contributed by atoms with E-state index in [1.54, 1.807) is 0 Å². The number of hydrogen-bond acceptors (Lipinski definition) is 4. The molecule has 3 N–H and O–H groups in total. The third kappa shape index (κ3) is 4.71. The maximum Gasteiger partial charge on any atom is 0.279 e. The van der Waals surface area contributed by atoms with Crippen LogP contribution in [0.3, 0.4) is 0 Å². The van der Waals surface area contributed by atoms with Gasteiger partial charge in [0.1, 0.15) is 5.82 Å². The fourth-order valence-electron chi connectivity index (χ4n) is 3.00. The van der Waals surface area contributed by atoms with E-state index in [1.165, 1.54) is 47.3 Å². The number of benzene rings is 1. The zero-order chi connectivity index (χ0) is 19.4. The topological polar surface area (TPSA) is 87.3 Å². The molecular weight excluding hydrogens is 369 g/mol. The number of hydrogen-bond donors (Lipinski definition) is 3. The van der Waals surface area contributed by atoms with E-state index in [-0.39, 0.29) is 11.5 Å². The highest BCUT2D eigenvalue weighted by atomic mass is 32.1. The summed E-state index contributed by atoms with van der Waals surface area (Å²) in [6.07, 6.45) is 5.37. The first kappa shape index (κ1) is 19.0. The van der Waals surface area contributed by atoms with Gasteiger partial charge in [0, 0.05) is 17.5 Å². The van der Waals surface area contributed by atoms with Gasteiger partial charge in [0.15, 0.2) is 0 Å². The molecular formula is C19H20FN3O3S. The lowest BCUT2D eigenvalue weighted by Gasteiger charge is -2.09. The summed E-state index contributed by atoms with van der Waals surface area (Å²) < 4.78 is 13.9. The van der Waals surface area contributed by atoms with Crippen molar-refractivity contribution in [3.05, 3.63) is 51.0 Å². The van der Waals surface area contributed by atoms with Crippen molar-refractivity contribution >= 4 is 34.7 Å². The Morgan fingerprint density at radius 2 is 1.74 bits per heavy atom. The monoisotopic (exact) mass is 389 g/mol. The lowest BCUT2D eigenvalue weighted by atomic mass is 10.1. The van der Waals surface area contributed by atoms with Gasteiger partial charge in [-0.3, -0.25) is 25.2 Å². The number of amides is 3. The molecule has 6 nitrogen and oxygen atoms in total. The Balaban J connectivity index is 1.65. The number of carbonyl (C=O) groups excluding carboxylic acids is 3. The van der Waals surface area contributed by atoms with Gasteiger partial charge in [-0.2, -0.15) is 0 Å². The van der Waals surface area contributed by atoms with E-state index in [0.29, 0.717) is 10.6 Å². The molecule has 1 aliphatic carbocycles. The predicted octanol–water partition coefficient (Wildman–Crippen LogP) is 3.19. The Bertz CT molecular complexity index is 871. The molecule has 0 saturated carbocycles. The van der Waals surface area contributed by atoms with Gasteiger partial charge >= 0.3 is 0 Å². The fraction of sp³-hybridized carbons (Fsp3) is 0.316. The summed E-state index contributed by atoms with van der Waals surface area (Å²) in [4.78, 5) is 37.4. The largest absolute Gasteiger partial charge is 0.326 e. The van der Waals surface area contributed by atoms with Crippen LogP contribution in [-0.2, 0) is 17.6 Å². The smallest absolute Gasteiger partial charge is 0.279 e. The van der Waals surface area contributed by atoms with Crippen molar-refractivity contribution in [2.24, 2.45) is 0 Å². The molecule has 1 aliphatic rings. The van der Waals surface area contributed by atoms with Gasteiger partial charge in [0.25, 0.3) is 11.8 Å². The van der Waals surface area contributed by atoms with Crippen LogP contribution in [0.2, 0.25) is 0 Å². The second-order valence-electron chi connectivity index (χ2n) is 6.40. The number of carbonyl (C=O) groups is 3. The molecule has 0 spiro atoms. The number of fused-ring (bicyclic) bond motifs is 1. The molecule has 8 heteroatoms. The molecule has 3 rings (SSSR count). The first-order valence-corrected chi connectivity index (χ1v) is 9.55. The first-order valence-electron chi connectivity index (χ1n) is 8.73. The van der Waals surface area contributed by atoms with E-state index >= 15 is 0 Å². The predicted molar refractivity (Wildman–Crippen MR) is 101 cm³/mol. The second-order valence-corrected chi connectivity index (χ2v) is 7.54. The lowest BCUT2D eigenvalue weighted by Crippen LogP contribution is -2.41. The molecule has 0 radical (unpaired) electrons. The van der Waals surface area contributed by atoms with Crippen LogP contribution in [0.1, 0.15) is 56.7 Å². The van der Waals surface area contributed by atoms with Crippen LogP contribution in [0.4, 0.5) is 10.1 Å². The van der Waals surface area contributed by atoms with Crippen molar-refractivity contribution < 1.29 is 18.8 Å². The second kappa shape index (κ2) is 8.30. The highest BCUT2D eigenvalue weighted by molar-refractivity contribution is 7.14. The molecule has 142 valence electrons. The fourth-order valence-corrected chi connectivity index (χ4v) is 4.15. The number of anilines is 1. The molecule has 0 aliphatic heterocycles.